The largest absolute Gasteiger partial charge is 0.478 e. The van der Waals surface area contributed by atoms with Gasteiger partial charge in [0.15, 0.2) is 0 Å². The molecule has 0 spiro atoms. The lowest BCUT2D eigenvalue weighted by atomic mass is 10.0. The van der Waals surface area contributed by atoms with Crippen LogP contribution in [0, 0.1) is 5.92 Å². The van der Waals surface area contributed by atoms with Crippen LogP contribution in [-0.2, 0) is 4.74 Å². The molecule has 1 aliphatic carbocycles. The lowest BCUT2D eigenvalue weighted by Crippen LogP contribution is -2.31. The van der Waals surface area contributed by atoms with E-state index in [2.05, 4.69) is 21.2 Å². The zero-order valence-corrected chi connectivity index (χ0v) is 12.0. The fourth-order valence-electron chi connectivity index (χ4n) is 2.72. The molecule has 2 N–H and O–H groups in total. The Labute approximate surface area is 120 Å². The molecule has 5 heteroatoms. The number of carboxylic acids is 1. The van der Waals surface area contributed by atoms with Crippen LogP contribution in [0.15, 0.2) is 22.7 Å². The number of hydrogen-bond donors (Lipinski definition) is 2. The summed E-state index contributed by atoms with van der Waals surface area (Å²) >= 11 is 3.30. The second-order valence-corrected chi connectivity index (χ2v) is 6.03. The van der Waals surface area contributed by atoms with Crippen LogP contribution in [0.25, 0.3) is 0 Å². The number of nitrogens with one attached hydrogen (secondary N) is 1. The third kappa shape index (κ3) is 2.62. The quantitative estimate of drug-likeness (QED) is 0.892. The van der Waals surface area contributed by atoms with E-state index in [4.69, 9.17) is 4.74 Å². The van der Waals surface area contributed by atoms with Gasteiger partial charge >= 0.3 is 5.97 Å². The number of rotatable bonds is 4. The fraction of sp³-hybridized carbons (Fsp3) is 0.500. The standard InChI is InChI=1S/C14H16BrNO3/c15-9-2-1-3-10(12(9)14(17)18)16-11-6-7-19-13(11)8-4-5-8/h1-3,8,11,13,16H,4-7H2,(H,17,18). The summed E-state index contributed by atoms with van der Waals surface area (Å²) < 4.78 is 6.37. The Balaban J connectivity index is 1.82. The molecule has 0 bridgehead atoms. The molecule has 2 atom stereocenters. The number of aromatic carboxylic acids is 1. The molecular weight excluding hydrogens is 310 g/mol. The molecule has 2 fully saturated rings. The van der Waals surface area contributed by atoms with E-state index in [1.807, 2.05) is 12.1 Å². The minimum absolute atomic E-state index is 0.222. The van der Waals surface area contributed by atoms with Gasteiger partial charge in [0.25, 0.3) is 0 Å². The van der Waals surface area contributed by atoms with Gasteiger partial charge in [0.1, 0.15) is 0 Å². The first kappa shape index (κ1) is 12.9. The van der Waals surface area contributed by atoms with Crippen molar-refractivity contribution in [2.24, 2.45) is 5.92 Å². The highest BCUT2D eigenvalue weighted by Gasteiger charge is 2.40. The molecule has 3 rings (SSSR count). The fourth-order valence-corrected chi connectivity index (χ4v) is 3.25. The minimum Gasteiger partial charge on any atom is -0.478 e. The highest BCUT2D eigenvalue weighted by atomic mass is 79.9. The van der Waals surface area contributed by atoms with Crippen molar-refractivity contribution >= 4 is 27.6 Å². The predicted molar refractivity (Wildman–Crippen MR) is 75.6 cm³/mol. The Morgan fingerprint density at radius 3 is 2.84 bits per heavy atom. The molecular formula is C14H16BrNO3. The van der Waals surface area contributed by atoms with Crippen molar-refractivity contribution < 1.29 is 14.6 Å². The molecule has 2 unspecified atom stereocenters. The van der Waals surface area contributed by atoms with Crippen LogP contribution in [0.5, 0.6) is 0 Å². The van der Waals surface area contributed by atoms with Gasteiger partial charge in [-0.15, -0.1) is 0 Å². The molecule has 1 saturated carbocycles. The van der Waals surface area contributed by atoms with Gasteiger partial charge in [0.05, 0.1) is 23.4 Å². The topological polar surface area (TPSA) is 58.6 Å². The van der Waals surface area contributed by atoms with E-state index in [1.54, 1.807) is 6.07 Å². The number of halogens is 1. The van der Waals surface area contributed by atoms with Crippen LogP contribution < -0.4 is 5.32 Å². The van der Waals surface area contributed by atoms with E-state index in [0.717, 1.165) is 13.0 Å². The summed E-state index contributed by atoms with van der Waals surface area (Å²) in [6.07, 6.45) is 3.63. The lowest BCUT2D eigenvalue weighted by Gasteiger charge is -2.22. The van der Waals surface area contributed by atoms with Gasteiger partial charge in [-0.2, -0.15) is 0 Å². The average Bonchev–Trinajstić information content (AvgIpc) is 3.10. The number of anilines is 1. The molecule has 1 aliphatic heterocycles. The van der Waals surface area contributed by atoms with Gasteiger partial charge in [-0.1, -0.05) is 6.07 Å². The summed E-state index contributed by atoms with van der Waals surface area (Å²) in [5, 5.41) is 12.7. The Bertz CT molecular complexity index is 501. The maximum Gasteiger partial charge on any atom is 0.338 e. The van der Waals surface area contributed by atoms with Crippen LogP contribution in [-0.4, -0.2) is 29.8 Å². The smallest absolute Gasteiger partial charge is 0.338 e. The van der Waals surface area contributed by atoms with Crippen molar-refractivity contribution in [2.75, 3.05) is 11.9 Å². The third-order valence-corrected chi connectivity index (χ3v) is 4.45. The van der Waals surface area contributed by atoms with E-state index in [1.165, 1.54) is 12.8 Å². The van der Waals surface area contributed by atoms with Crippen LogP contribution >= 0.6 is 15.9 Å². The van der Waals surface area contributed by atoms with Crippen molar-refractivity contribution in [1.29, 1.82) is 0 Å². The molecule has 1 heterocycles. The SMILES string of the molecule is O=C(O)c1c(Br)cccc1NC1CCOC1C1CC1. The Hall–Kier alpha value is -1.07. The second-order valence-electron chi connectivity index (χ2n) is 5.18. The van der Waals surface area contributed by atoms with Crippen molar-refractivity contribution in [3.05, 3.63) is 28.2 Å². The van der Waals surface area contributed by atoms with Gasteiger partial charge in [-0.25, -0.2) is 4.79 Å². The predicted octanol–water partition coefficient (Wildman–Crippen LogP) is 3.13. The van der Waals surface area contributed by atoms with Crippen molar-refractivity contribution in [2.45, 2.75) is 31.4 Å². The van der Waals surface area contributed by atoms with Crippen molar-refractivity contribution in [3.8, 4) is 0 Å². The maximum absolute atomic E-state index is 11.3. The molecule has 1 aromatic rings. The number of ether oxygens (including phenoxy) is 1. The van der Waals surface area contributed by atoms with E-state index >= 15 is 0 Å². The summed E-state index contributed by atoms with van der Waals surface area (Å²) in [5.41, 5.74) is 0.965. The molecule has 2 aliphatic rings. The van der Waals surface area contributed by atoms with Crippen LogP contribution in [0.4, 0.5) is 5.69 Å². The normalized spacial score (nSPS) is 26.4. The molecule has 0 aromatic heterocycles. The second kappa shape index (κ2) is 5.13. The lowest BCUT2D eigenvalue weighted by molar-refractivity contribution is 0.0696. The molecule has 0 amide bonds. The van der Waals surface area contributed by atoms with Crippen molar-refractivity contribution in [1.82, 2.24) is 0 Å². The van der Waals surface area contributed by atoms with E-state index in [9.17, 15) is 9.90 Å². The van der Waals surface area contributed by atoms with Crippen LogP contribution in [0.1, 0.15) is 29.6 Å². The monoisotopic (exact) mass is 325 g/mol. The molecule has 0 radical (unpaired) electrons. The summed E-state index contributed by atoms with van der Waals surface area (Å²) in [6, 6.07) is 5.63. The number of carbonyl (C=O) groups is 1. The highest BCUT2D eigenvalue weighted by molar-refractivity contribution is 9.10. The minimum atomic E-state index is -0.920. The number of carboxylic acid groups (broad SMARTS) is 1. The Kier molecular flexibility index (Phi) is 3.50. The van der Waals surface area contributed by atoms with Crippen LogP contribution in [0.2, 0.25) is 0 Å². The first-order valence-corrected chi connectivity index (χ1v) is 7.36. The molecule has 1 aromatic carbocycles. The maximum atomic E-state index is 11.3. The zero-order chi connectivity index (χ0) is 13.4. The number of hydrogen-bond acceptors (Lipinski definition) is 3. The molecule has 19 heavy (non-hydrogen) atoms. The van der Waals surface area contributed by atoms with Gasteiger partial charge < -0.3 is 15.2 Å². The summed E-state index contributed by atoms with van der Waals surface area (Å²) in [5.74, 6) is -0.266. The van der Waals surface area contributed by atoms with Gasteiger partial charge in [-0.3, -0.25) is 0 Å². The average molecular weight is 326 g/mol. The summed E-state index contributed by atoms with van der Waals surface area (Å²) in [6.45, 7) is 0.759. The van der Waals surface area contributed by atoms with Gasteiger partial charge in [0, 0.05) is 11.1 Å². The van der Waals surface area contributed by atoms with Gasteiger partial charge in [-0.05, 0) is 53.2 Å². The zero-order valence-electron chi connectivity index (χ0n) is 10.4. The first-order chi connectivity index (χ1) is 9.16. The Morgan fingerprint density at radius 1 is 1.37 bits per heavy atom. The van der Waals surface area contributed by atoms with E-state index in [0.29, 0.717) is 21.6 Å². The summed E-state index contributed by atoms with van der Waals surface area (Å²) in [4.78, 5) is 11.3. The van der Waals surface area contributed by atoms with Crippen molar-refractivity contribution in [3.63, 3.8) is 0 Å². The van der Waals surface area contributed by atoms with Crippen LogP contribution in [0.3, 0.4) is 0 Å². The highest BCUT2D eigenvalue weighted by Crippen LogP contribution is 2.40. The third-order valence-electron chi connectivity index (χ3n) is 3.79. The van der Waals surface area contributed by atoms with E-state index in [-0.39, 0.29) is 12.1 Å². The number of benzene rings is 1. The molecule has 4 nitrogen and oxygen atoms in total. The molecule has 102 valence electrons. The van der Waals surface area contributed by atoms with E-state index < -0.39 is 5.97 Å². The van der Waals surface area contributed by atoms with Gasteiger partial charge in [0.2, 0.25) is 0 Å². The molecule has 1 saturated heterocycles. The summed E-state index contributed by atoms with van der Waals surface area (Å²) in [7, 11) is 0. The first-order valence-electron chi connectivity index (χ1n) is 6.57. The Morgan fingerprint density at radius 2 is 2.16 bits per heavy atom.